The van der Waals surface area contributed by atoms with Crippen LogP contribution >= 0.6 is 0 Å². The van der Waals surface area contributed by atoms with Gasteiger partial charge in [0.1, 0.15) is 4.90 Å². The third kappa shape index (κ3) is 2.93. The number of hydrogen-bond donors (Lipinski definition) is 2. The fourth-order valence-electron chi connectivity index (χ4n) is 2.11. The number of nitrogens with one attached hydrogen (secondary N) is 1. The number of anilines is 1. The van der Waals surface area contributed by atoms with Crippen molar-refractivity contribution in [3.05, 3.63) is 23.1 Å². The molecular weight excluding hydrogens is 292 g/mol. The van der Waals surface area contributed by atoms with Crippen LogP contribution in [0.3, 0.4) is 0 Å². The Morgan fingerprint density at radius 3 is 2.48 bits per heavy atom. The van der Waals surface area contributed by atoms with E-state index in [9.17, 15) is 8.42 Å². The first-order chi connectivity index (χ1) is 9.76. The van der Waals surface area contributed by atoms with E-state index in [-0.39, 0.29) is 17.3 Å². The third-order valence-corrected chi connectivity index (χ3v) is 4.88. The Morgan fingerprint density at radius 1 is 1.33 bits per heavy atom. The van der Waals surface area contributed by atoms with Gasteiger partial charge in [0.05, 0.1) is 5.69 Å². The molecule has 0 aromatic carbocycles. The summed E-state index contributed by atoms with van der Waals surface area (Å²) < 4.78 is 30.4. The molecule has 0 atom stereocenters. The maximum absolute atomic E-state index is 12.3. The summed E-state index contributed by atoms with van der Waals surface area (Å²) in [6, 6.07) is 0. The van der Waals surface area contributed by atoms with Crippen LogP contribution in [-0.4, -0.2) is 28.0 Å². The Morgan fingerprint density at radius 2 is 2.00 bits per heavy atom. The van der Waals surface area contributed by atoms with Gasteiger partial charge in [-0.2, -0.15) is 10.2 Å². The highest BCUT2D eigenvalue weighted by atomic mass is 32.2. The highest BCUT2D eigenvalue weighted by Crippen LogP contribution is 2.18. The summed E-state index contributed by atoms with van der Waals surface area (Å²) >= 11 is 0. The highest BCUT2D eigenvalue weighted by molar-refractivity contribution is 7.89. The zero-order chi connectivity index (χ0) is 15.8. The van der Waals surface area contributed by atoms with Gasteiger partial charge in [0.25, 0.3) is 0 Å². The van der Waals surface area contributed by atoms with Crippen LogP contribution in [0, 0.1) is 13.8 Å². The first kappa shape index (κ1) is 15.5. The van der Waals surface area contributed by atoms with E-state index in [2.05, 4.69) is 14.9 Å². The predicted molar refractivity (Wildman–Crippen MR) is 79.0 cm³/mol. The lowest BCUT2D eigenvalue weighted by Gasteiger charge is -2.06. The average Bonchev–Trinajstić information content (AvgIpc) is 2.90. The van der Waals surface area contributed by atoms with Gasteiger partial charge in [0, 0.05) is 37.6 Å². The lowest BCUT2D eigenvalue weighted by atomic mass is 10.2. The van der Waals surface area contributed by atoms with Crippen LogP contribution < -0.4 is 10.5 Å². The van der Waals surface area contributed by atoms with E-state index < -0.39 is 10.0 Å². The predicted octanol–water partition coefficient (Wildman–Crippen LogP) is 0.314. The second-order valence-corrected chi connectivity index (χ2v) is 6.57. The van der Waals surface area contributed by atoms with Gasteiger partial charge in [0.2, 0.25) is 10.0 Å². The van der Waals surface area contributed by atoms with Crippen LogP contribution in [0.5, 0.6) is 0 Å². The second-order valence-electron chi connectivity index (χ2n) is 4.83. The van der Waals surface area contributed by atoms with Crippen LogP contribution in [0.15, 0.2) is 11.1 Å². The second kappa shape index (κ2) is 5.49. The molecule has 116 valence electrons. The number of rotatable bonds is 5. The van der Waals surface area contributed by atoms with E-state index >= 15 is 0 Å². The van der Waals surface area contributed by atoms with Gasteiger partial charge in [0.15, 0.2) is 5.82 Å². The zero-order valence-corrected chi connectivity index (χ0v) is 13.4. The molecule has 0 aliphatic rings. The summed E-state index contributed by atoms with van der Waals surface area (Å²) in [4.78, 5) is 0.00328. The molecule has 3 N–H and O–H groups in total. The number of aryl methyl sites for hydroxylation is 3. The van der Waals surface area contributed by atoms with Crippen molar-refractivity contribution in [2.45, 2.75) is 38.8 Å². The smallest absolute Gasteiger partial charge is 0.246 e. The number of nitrogens with two attached hydrogens (primary N) is 1. The van der Waals surface area contributed by atoms with Gasteiger partial charge in [-0.15, -0.1) is 0 Å². The van der Waals surface area contributed by atoms with Crippen molar-refractivity contribution >= 4 is 15.8 Å². The Hall–Kier alpha value is -1.87. The molecule has 0 bridgehead atoms. The summed E-state index contributed by atoms with van der Waals surface area (Å²) in [5, 5.41) is 8.21. The van der Waals surface area contributed by atoms with Crippen LogP contribution in [-0.2, 0) is 30.2 Å². The van der Waals surface area contributed by atoms with Crippen molar-refractivity contribution in [3.63, 3.8) is 0 Å². The van der Waals surface area contributed by atoms with E-state index in [4.69, 9.17) is 5.73 Å². The van der Waals surface area contributed by atoms with Crippen molar-refractivity contribution < 1.29 is 8.42 Å². The number of nitrogens with zero attached hydrogens (tertiary/aromatic N) is 4. The molecule has 0 aliphatic heterocycles. The van der Waals surface area contributed by atoms with Gasteiger partial charge in [-0.05, 0) is 20.8 Å². The summed E-state index contributed by atoms with van der Waals surface area (Å²) in [5.74, 6) is 0.00369. The molecule has 2 rings (SSSR count). The topological polar surface area (TPSA) is 108 Å². The number of nitrogen functional groups attached to an aromatic ring is 1. The van der Waals surface area contributed by atoms with E-state index in [1.807, 2.05) is 27.8 Å². The summed E-state index contributed by atoms with van der Waals surface area (Å²) in [6.07, 6.45) is 1.43. The highest BCUT2D eigenvalue weighted by Gasteiger charge is 2.22. The molecule has 2 heterocycles. The molecule has 0 unspecified atom stereocenters. The molecular formula is C12H20N6O2S. The molecule has 0 aliphatic carbocycles. The minimum Gasteiger partial charge on any atom is -0.381 e. The fourth-order valence-corrected chi connectivity index (χ4v) is 3.17. The minimum atomic E-state index is -3.70. The first-order valence-corrected chi connectivity index (χ1v) is 8.06. The number of hydrogen-bond acceptors (Lipinski definition) is 5. The van der Waals surface area contributed by atoms with Gasteiger partial charge >= 0.3 is 0 Å². The third-order valence-electron chi connectivity index (χ3n) is 3.47. The van der Waals surface area contributed by atoms with Gasteiger partial charge in [-0.1, -0.05) is 0 Å². The molecule has 9 heteroatoms. The molecule has 2 aromatic rings. The molecule has 0 fully saturated rings. The molecule has 2 aromatic heterocycles. The standard InChI is InChI=1S/C12H20N6O2S/c1-5-18-7-11(12(13)16-18)21(19,20)14-6-10-8(2)15-17(4)9(10)3/h7,14H,5-6H2,1-4H3,(H2,13,16). The zero-order valence-electron chi connectivity index (χ0n) is 12.6. The molecule has 8 nitrogen and oxygen atoms in total. The Kier molecular flexibility index (Phi) is 4.06. The minimum absolute atomic E-state index is 0.00328. The molecule has 0 saturated heterocycles. The molecule has 0 radical (unpaired) electrons. The molecule has 0 saturated carbocycles. The van der Waals surface area contributed by atoms with E-state index in [0.29, 0.717) is 6.54 Å². The van der Waals surface area contributed by atoms with Crippen LogP contribution in [0.2, 0.25) is 0 Å². The Balaban J connectivity index is 2.23. The van der Waals surface area contributed by atoms with E-state index in [0.717, 1.165) is 17.0 Å². The molecule has 21 heavy (non-hydrogen) atoms. The number of sulfonamides is 1. The van der Waals surface area contributed by atoms with Crippen molar-refractivity contribution in [1.29, 1.82) is 0 Å². The lowest BCUT2D eigenvalue weighted by molar-refractivity contribution is 0.580. The summed E-state index contributed by atoms with van der Waals surface area (Å²) in [6.45, 7) is 6.33. The molecule has 0 spiro atoms. The number of aromatic nitrogens is 4. The van der Waals surface area contributed by atoms with Crippen molar-refractivity contribution in [1.82, 2.24) is 24.3 Å². The van der Waals surface area contributed by atoms with Crippen LogP contribution in [0.1, 0.15) is 23.9 Å². The van der Waals surface area contributed by atoms with Crippen molar-refractivity contribution in [2.75, 3.05) is 5.73 Å². The Bertz CT molecular complexity index is 759. The maximum Gasteiger partial charge on any atom is 0.246 e. The quantitative estimate of drug-likeness (QED) is 0.826. The largest absolute Gasteiger partial charge is 0.381 e. The van der Waals surface area contributed by atoms with Crippen LogP contribution in [0.4, 0.5) is 5.82 Å². The van der Waals surface area contributed by atoms with Gasteiger partial charge in [-0.25, -0.2) is 13.1 Å². The SMILES string of the molecule is CCn1cc(S(=O)(=O)NCc2c(C)nn(C)c2C)c(N)n1. The van der Waals surface area contributed by atoms with E-state index in [1.165, 1.54) is 10.9 Å². The average molecular weight is 312 g/mol. The van der Waals surface area contributed by atoms with Gasteiger partial charge < -0.3 is 5.73 Å². The Labute approximate surface area is 124 Å². The fraction of sp³-hybridized carbons (Fsp3) is 0.500. The summed E-state index contributed by atoms with van der Waals surface area (Å²) in [5.41, 5.74) is 8.26. The van der Waals surface area contributed by atoms with Crippen molar-refractivity contribution in [3.8, 4) is 0 Å². The first-order valence-electron chi connectivity index (χ1n) is 6.58. The van der Waals surface area contributed by atoms with Crippen molar-refractivity contribution in [2.24, 2.45) is 7.05 Å². The monoisotopic (exact) mass is 312 g/mol. The molecule has 0 amide bonds. The summed E-state index contributed by atoms with van der Waals surface area (Å²) in [7, 11) is -1.88. The normalized spacial score (nSPS) is 12.0. The van der Waals surface area contributed by atoms with Crippen LogP contribution in [0.25, 0.3) is 0 Å². The lowest BCUT2D eigenvalue weighted by Crippen LogP contribution is -2.24. The van der Waals surface area contributed by atoms with Gasteiger partial charge in [-0.3, -0.25) is 9.36 Å². The van der Waals surface area contributed by atoms with E-state index in [1.54, 1.807) is 4.68 Å². The maximum atomic E-state index is 12.3.